The molecule has 3 nitrogen and oxygen atoms in total. The molecule has 1 heterocycles. The number of fused-ring (bicyclic) bond motifs is 1. The van der Waals surface area contributed by atoms with Crippen molar-refractivity contribution in [3.8, 4) is 0 Å². The second-order valence-corrected chi connectivity index (χ2v) is 6.75. The van der Waals surface area contributed by atoms with Gasteiger partial charge in [0.2, 0.25) is 0 Å². The summed E-state index contributed by atoms with van der Waals surface area (Å²) < 4.78 is 0. The van der Waals surface area contributed by atoms with Gasteiger partial charge in [0.1, 0.15) is 0 Å². The quantitative estimate of drug-likeness (QED) is 0.435. The molecule has 0 bridgehead atoms. The number of aromatic nitrogens is 1. The van der Waals surface area contributed by atoms with E-state index in [0.717, 1.165) is 27.8 Å². The van der Waals surface area contributed by atoms with Crippen molar-refractivity contribution >= 4 is 39.7 Å². The third-order valence-corrected chi connectivity index (χ3v) is 4.84. The average molecular weight is 373 g/mol. The summed E-state index contributed by atoms with van der Waals surface area (Å²) in [6.07, 6.45) is 1.77. The first-order valence-corrected chi connectivity index (χ1v) is 9.02. The summed E-state index contributed by atoms with van der Waals surface area (Å²) in [6.45, 7) is 1.92. The smallest absolute Gasteiger partial charge is 0.194 e. The first kappa shape index (κ1) is 17.3. The van der Waals surface area contributed by atoms with E-state index >= 15 is 0 Å². The van der Waals surface area contributed by atoms with Gasteiger partial charge in [-0.1, -0.05) is 54.1 Å². The number of benzene rings is 3. The molecule has 0 saturated heterocycles. The highest BCUT2D eigenvalue weighted by Crippen LogP contribution is 2.29. The van der Waals surface area contributed by atoms with Gasteiger partial charge in [0.15, 0.2) is 5.78 Å². The van der Waals surface area contributed by atoms with Gasteiger partial charge < -0.3 is 5.32 Å². The maximum absolute atomic E-state index is 12.8. The van der Waals surface area contributed by atoms with Crippen LogP contribution in [0.1, 0.15) is 21.5 Å². The van der Waals surface area contributed by atoms with Crippen molar-refractivity contribution < 1.29 is 4.79 Å². The van der Waals surface area contributed by atoms with Crippen molar-refractivity contribution in [2.24, 2.45) is 0 Å². The van der Waals surface area contributed by atoms with E-state index in [1.54, 1.807) is 18.3 Å². The Bertz CT molecular complexity index is 1150. The van der Waals surface area contributed by atoms with Crippen molar-refractivity contribution in [1.82, 2.24) is 4.98 Å². The lowest BCUT2D eigenvalue weighted by Crippen LogP contribution is -2.04. The van der Waals surface area contributed by atoms with E-state index in [0.29, 0.717) is 16.1 Å². The molecule has 0 aliphatic heterocycles. The molecule has 3 aromatic carbocycles. The lowest BCUT2D eigenvalue weighted by Gasteiger charge is -2.12. The van der Waals surface area contributed by atoms with Crippen LogP contribution in [0, 0.1) is 6.92 Å². The number of rotatable bonds is 4. The molecule has 132 valence electrons. The molecule has 0 spiro atoms. The van der Waals surface area contributed by atoms with E-state index < -0.39 is 0 Å². The molecule has 0 atom stereocenters. The van der Waals surface area contributed by atoms with Gasteiger partial charge in [-0.15, -0.1) is 0 Å². The number of ketones is 1. The van der Waals surface area contributed by atoms with Crippen LogP contribution < -0.4 is 5.32 Å². The highest BCUT2D eigenvalue weighted by molar-refractivity contribution is 6.35. The fraction of sp³-hybridized carbons (Fsp3) is 0.0435. The first-order valence-electron chi connectivity index (χ1n) is 8.64. The number of nitrogens with zero attached hydrogens (tertiary/aromatic N) is 1. The number of hydrogen-bond donors (Lipinski definition) is 1. The molecular formula is C23H17ClN2O. The predicted octanol–water partition coefficient (Wildman–Crippen LogP) is 6.17. The molecular weight excluding hydrogens is 356 g/mol. The van der Waals surface area contributed by atoms with Crippen LogP contribution in [0.5, 0.6) is 0 Å². The average Bonchev–Trinajstić information content (AvgIpc) is 2.68. The minimum atomic E-state index is -0.0704. The van der Waals surface area contributed by atoms with Crippen molar-refractivity contribution in [3.63, 3.8) is 0 Å². The van der Waals surface area contributed by atoms with Crippen LogP contribution in [0.3, 0.4) is 0 Å². The molecule has 4 heteroatoms. The highest BCUT2D eigenvalue weighted by Gasteiger charge is 2.15. The zero-order valence-electron chi connectivity index (χ0n) is 14.7. The summed E-state index contributed by atoms with van der Waals surface area (Å²) in [5, 5.41) is 4.82. The number of pyridine rings is 1. The maximum atomic E-state index is 12.8. The minimum absolute atomic E-state index is 0.0704. The van der Waals surface area contributed by atoms with E-state index in [2.05, 4.69) is 10.3 Å². The van der Waals surface area contributed by atoms with Gasteiger partial charge in [0, 0.05) is 34.1 Å². The second kappa shape index (κ2) is 7.22. The van der Waals surface area contributed by atoms with Gasteiger partial charge in [-0.05, 0) is 42.8 Å². The molecule has 0 fully saturated rings. The fourth-order valence-corrected chi connectivity index (χ4v) is 3.38. The van der Waals surface area contributed by atoms with E-state index in [4.69, 9.17) is 11.6 Å². The largest absolute Gasteiger partial charge is 0.355 e. The van der Waals surface area contributed by atoms with Gasteiger partial charge in [0.05, 0.1) is 10.5 Å². The molecule has 4 aromatic rings. The minimum Gasteiger partial charge on any atom is -0.355 e. The number of carbonyl (C=O) groups is 1. The Morgan fingerprint density at radius 3 is 2.52 bits per heavy atom. The summed E-state index contributed by atoms with van der Waals surface area (Å²) in [5.74, 6) is -0.0704. The number of para-hydroxylation sites is 1. The third-order valence-electron chi connectivity index (χ3n) is 4.53. The monoisotopic (exact) mass is 372 g/mol. The van der Waals surface area contributed by atoms with Gasteiger partial charge in [-0.2, -0.15) is 0 Å². The van der Waals surface area contributed by atoms with E-state index in [-0.39, 0.29) is 5.78 Å². The van der Waals surface area contributed by atoms with Crippen LogP contribution >= 0.6 is 11.6 Å². The molecule has 4 rings (SSSR count). The van der Waals surface area contributed by atoms with Crippen LogP contribution in [-0.4, -0.2) is 10.8 Å². The molecule has 0 unspecified atom stereocenters. The number of halogens is 1. The highest BCUT2D eigenvalue weighted by atomic mass is 35.5. The molecule has 0 radical (unpaired) electrons. The lowest BCUT2D eigenvalue weighted by molar-refractivity contribution is 0.103. The van der Waals surface area contributed by atoms with Crippen molar-refractivity contribution in [2.45, 2.75) is 6.92 Å². The van der Waals surface area contributed by atoms with Crippen LogP contribution in [0.4, 0.5) is 11.4 Å². The third kappa shape index (κ3) is 3.42. The topological polar surface area (TPSA) is 42.0 Å². The van der Waals surface area contributed by atoms with Crippen LogP contribution in [0.15, 0.2) is 79.0 Å². The first-order chi connectivity index (χ1) is 13.1. The Hall–Kier alpha value is -3.17. The normalized spacial score (nSPS) is 10.7. The van der Waals surface area contributed by atoms with Crippen molar-refractivity contribution in [2.75, 3.05) is 5.32 Å². The van der Waals surface area contributed by atoms with Crippen LogP contribution in [-0.2, 0) is 0 Å². The van der Waals surface area contributed by atoms with Gasteiger partial charge >= 0.3 is 0 Å². The van der Waals surface area contributed by atoms with Crippen LogP contribution in [0.25, 0.3) is 10.9 Å². The molecule has 0 amide bonds. The Morgan fingerprint density at radius 1 is 0.926 bits per heavy atom. The lowest BCUT2D eigenvalue weighted by atomic mass is 9.99. The van der Waals surface area contributed by atoms with Crippen LogP contribution in [0.2, 0.25) is 5.02 Å². The summed E-state index contributed by atoms with van der Waals surface area (Å²) in [6, 6.07) is 22.8. The van der Waals surface area contributed by atoms with Gasteiger partial charge in [-0.3, -0.25) is 9.78 Å². The number of aryl methyl sites for hydroxylation is 1. The Labute approximate surface area is 162 Å². The molecule has 0 aliphatic carbocycles. The SMILES string of the molecule is Cc1ccccc1C(=O)c1ccc(Nc2ccnc3ccccc23)cc1Cl. The number of nitrogens with one attached hydrogen (secondary N) is 1. The number of hydrogen-bond acceptors (Lipinski definition) is 3. The Balaban J connectivity index is 1.66. The fourth-order valence-electron chi connectivity index (χ4n) is 3.11. The summed E-state index contributed by atoms with van der Waals surface area (Å²) >= 11 is 6.44. The van der Waals surface area contributed by atoms with Crippen molar-refractivity contribution in [1.29, 1.82) is 0 Å². The van der Waals surface area contributed by atoms with Gasteiger partial charge in [0.25, 0.3) is 0 Å². The van der Waals surface area contributed by atoms with E-state index in [1.807, 2.05) is 67.6 Å². The molecule has 1 aromatic heterocycles. The summed E-state index contributed by atoms with van der Waals surface area (Å²) in [7, 11) is 0. The van der Waals surface area contributed by atoms with Gasteiger partial charge in [-0.25, -0.2) is 0 Å². The number of anilines is 2. The van der Waals surface area contributed by atoms with E-state index in [1.165, 1.54) is 0 Å². The Kier molecular flexibility index (Phi) is 4.61. The summed E-state index contributed by atoms with van der Waals surface area (Å²) in [4.78, 5) is 17.2. The zero-order chi connectivity index (χ0) is 18.8. The molecule has 0 saturated carbocycles. The summed E-state index contributed by atoms with van der Waals surface area (Å²) in [5.41, 5.74) is 4.77. The number of carbonyl (C=O) groups excluding carboxylic acids is 1. The molecule has 0 aliphatic rings. The zero-order valence-corrected chi connectivity index (χ0v) is 15.5. The Morgan fingerprint density at radius 2 is 1.70 bits per heavy atom. The standard InChI is InChI=1S/C23H17ClN2O/c1-15-6-2-3-7-17(15)23(27)18-11-10-16(14-20(18)24)26-22-12-13-25-21-9-5-4-8-19(21)22/h2-14H,1H3,(H,25,26). The van der Waals surface area contributed by atoms with E-state index in [9.17, 15) is 4.79 Å². The molecule has 27 heavy (non-hydrogen) atoms. The predicted molar refractivity (Wildman–Crippen MR) is 111 cm³/mol. The maximum Gasteiger partial charge on any atom is 0.194 e. The van der Waals surface area contributed by atoms with Crippen molar-refractivity contribution in [3.05, 3.63) is 101 Å². The second-order valence-electron chi connectivity index (χ2n) is 6.34. The molecule has 1 N–H and O–H groups in total.